The maximum Gasteiger partial charge on any atom is 0.323 e. The first-order valence-corrected chi connectivity index (χ1v) is 11.4. The van der Waals surface area contributed by atoms with Crippen molar-refractivity contribution >= 4 is 35.1 Å². The van der Waals surface area contributed by atoms with Crippen LogP contribution < -0.4 is 4.74 Å². The highest BCUT2D eigenvalue weighted by molar-refractivity contribution is 6.31. The van der Waals surface area contributed by atoms with E-state index in [1.54, 1.807) is 54.6 Å². The van der Waals surface area contributed by atoms with Crippen LogP contribution >= 0.6 is 23.2 Å². The zero-order chi connectivity index (χ0) is 24.5. The molecule has 0 saturated carbocycles. The normalized spacial score (nSPS) is 16.6. The highest BCUT2D eigenvalue weighted by Crippen LogP contribution is 2.38. The number of nitrogens with zero attached hydrogens (tertiary/aromatic N) is 1. The van der Waals surface area contributed by atoms with Gasteiger partial charge in [-0.1, -0.05) is 41.4 Å². The first kappa shape index (κ1) is 24.0. The number of benzene rings is 3. The Labute approximate surface area is 206 Å². The predicted octanol–water partition coefficient (Wildman–Crippen LogP) is 5.80. The van der Waals surface area contributed by atoms with Crippen LogP contribution in [0.25, 0.3) is 0 Å². The molecule has 0 aliphatic carbocycles. The van der Waals surface area contributed by atoms with Crippen LogP contribution in [0.2, 0.25) is 10.0 Å². The van der Waals surface area contributed by atoms with Gasteiger partial charge in [0.1, 0.15) is 23.7 Å². The summed E-state index contributed by atoms with van der Waals surface area (Å²) >= 11 is 11.8. The van der Waals surface area contributed by atoms with Crippen molar-refractivity contribution in [3.8, 4) is 5.75 Å². The Balaban J connectivity index is 1.52. The van der Waals surface area contributed by atoms with Gasteiger partial charge in [0.2, 0.25) is 0 Å². The second-order valence-electron chi connectivity index (χ2n) is 8.66. The molecule has 34 heavy (non-hydrogen) atoms. The summed E-state index contributed by atoms with van der Waals surface area (Å²) in [5.41, 5.74) is 2.26. The number of carbonyl (C=O) groups excluding carboxylic acids is 1. The maximum atomic E-state index is 13.5. The number of carboxylic acids is 1. The van der Waals surface area contributed by atoms with Gasteiger partial charge in [0, 0.05) is 30.0 Å². The fourth-order valence-corrected chi connectivity index (χ4v) is 4.52. The van der Waals surface area contributed by atoms with Crippen molar-refractivity contribution in [3.05, 3.63) is 98.8 Å². The molecule has 4 rings (SSSR count). The molecular weight excluding hydrogens is 480 g/mol. The van der Waals surface area contributed by atoms with Crippen molar-refractivity contribution in [2.75, 3.05) is 6.54 Å². The molecule has 1 amide bonds. The lowest BCUT2D eigenvalue weighted by atomic mass is 9.91. The number of hydrogen-bond acceptors (Lipinski definition) is 3. The van der Waals surface area contributed by atoms with Crippen molar-refractivity contribution < 1.29 is 23.8 Å². The number of ether oxygens (including phenoxy) is 1. The van der Waals surface area contributed by atoms with Gasteiger partial charge in [0.25, 0.3) is 5.91 Å². The zero-order valence-corrected chi connectivity index (χ0v) is 19.9. The summed E-state index contributed by atoms with van der Waals surface area (Å²) in [6, 6.07) is 16.6. The predicted molar refractivity (Wildman–Crippen MR) is 128 cm³/mol. The Morgan fingerprint density at radius 2 is 1.76 bits per heavy atom. The molecule has 8 heteroatoms. The molecule has 0 aromatic heterocycles. The third-order valence-electron chi connectivity index (χ3n) is 5.69. The third-order valence-corrected chi connectivity index (χ3v) is 6.23. The molecule has 0 radical (unpaired) electrons. The first-order valence-electron chi connectivity index (χ1n) is 10.6. The van der Waals surface area contributed by atoms with Gasteiger partial charge in [-0.05, 0) is 66.1 Å². The van der Waals surface area contributed by atoms with Crippen LogP contribution in [0.3, 0.4) is 0 Å². The SMILES string of the molecule is CC1(Cc2ccc(F)c(Cl)c2)Cc2cc(C(=O)N(CC(=O)O)Cc3ccc(Cl)cc3)ccc2O1. The topological polar surface area (TPSA) is 66.8 Å². The molecule has 1 heterocycles. The van der Waals surface area contributed by atoms with Crippen molar-refractivity contribution in [3.63, 3.8) is 0 Å². The van der Waals surface area contributed by atoms with Gasteiger partial charge >= 0.3 is 5.97 Å². The minimum absolute atomic E-state index is 0.0590. The van der Waals surface area contributed by atoms with Gasteiger partial charge in [-0.15, -0.1) is 0 Å². The second-order valence-corrected chi connectivity index (χ2v) is 9.50. The number of carbonyl (C=O) groups is 2. The van der Waals surface area contributed by atoms with Gasteiger partial charge in [-0.25, -0.2) is 4.39 Å². The van der Waals surface area contributed by atoms with Crippen molar-refractivity contribution in [2.45, 2.75) is 31.9 Å². The van der Waals surface area contributed by atoms with Crippen molar-refractivity contribution in [2.24, 2.45) is 0 Å². The smallest absolute Gasteiger partial charge is 0.323 e. The van der Waals surface area contributed by atoms with E-state index in [-0.39, 0.29) is 17.5 Å². The second kappa shape index (κ2) is 9.65. The Morgan fingerprint density at radius 1 is 1.06 bits per heavy atom. The molecule has 3 aromatic rings. The quantitative estimate of drug-likeness (QED) is 0.444. The highest BCUT2D eigenvalue weighted by atomic mass is 35.5. The average molecular weight is 502 g/mol. The third kappa shape index (κ3) is 5.51. The Kier molecular flexibility index (Phi) is 6.82. The van der Waals surface area contributed by atoms with Crippen LogP contribution in [0.5, 0.6) is 5.75 Å². The van der Waals surface area contributed by atoms with E-state index in [1.165, 1.54) is 11.0 Å². The summed E-state index contributed by atoms with van der Waals surface area (Å²) in [5, 5.41) is 9.95. The molecular formula is C26H22Cl2FNO4. The zero-order valence-electron chi connectivity index (χ0n) is 18.4. The first-order chi connectivity index (χ1) is 16.1. The van der Waals surface area contributed by atoms with Crippen molar-refractivity contribution in [1.82, 2.24) is 4.90 Å². The standard InChI is InChI=1S/C26H22Cl2FNO4/c1-26(12-17-4-8-22(29)21(28)10-17)13-19-11-18(5-9-23(19)34-26)25(33)30(15-24(31)32)14-16-2-6-20(27)7-3-16/h2-11H,12-15H2,1H3,(H,31,32). The number of aliphatic carboxylic acids is 1. The average Bonchev–Trinajstić information content (AvgIpc) is 3.11. The molecule has 0 bridgehead atoms. The number of rotatable bonds is 7. The maximum absolute atomic E-state index is 13.5. The molecule has 1 N–H and O–H groups in total. The van der Waals surface area contributed by atoms with E-state index in [1.807, 2.05) is 6.92 Å². The summed E-state index contributed by atoms with van der Waals surface area (Å²) < 4.78 is 19.7. The molecule has 1 atom stereocenters. The van der Waals surface area contributed by atoms with Gasteiger partial charge in [-0.3, -0.25) is 9.59 Å². The Morgan fingerprint density at radius 3 is 2.44 bits per heavy atom. The van der Waals surface area contributed by atoms with E-state index >= 15 is 0 Å². The molecule has 1 aliphatic heterocycles. The molecule has 1 aliphatic rings. The van der Waals surface area contributed by atoms with E-state index in [0.717, 1.165) is 16.7 Å². The fraction of sp³-hybridized carbons (Fsp3) is 0.231. The van der Waals surface area contributed by atoms with Crippen molar-refractivity contribution in [1.29, 1.82) is 0 Å². The van der Waals surface area contributed by atoms with Crippen LogP contribution in [-0.4, -0.2) is 34.0 Å². The van der Waals surface area contributed by atoms with E-state index in [0.29, 0.717) is 29.2 Å². The molecule has 0 fully saturated rings. The minimum atomic E-state index is -1.10. The molecule has 176 valence electrons. The van der Waals surface area contributed by atoms with E-state index in [9.17, 15) is 19.1 Å². The van der Waals surface area contributed by atoms with Gasteiger partial charge < -0.3 is 14.7 Å². The lowest BCUT2D eigenvalue weighted by Gasteiger charge is -2.24. The lowest BCUT2D eigenvalue weighted by molar-refractivity contribution is -0.137. The van der Waals surface area contributed by atoms with E-state index in [4.69, 9.17) is 27.9 Å². The Hall–Kier alpha value is -3.09. The van der Waals surface area contributed by atoms with Crippen LogP contribution in [-0.2, 0) is 24.2 Å². The molecule has 5 nitrogen and oxygen atoms in total. The molecule has 0 spiro atoms. The molecule has 3 aromatic carbocycles. The Bertz CT molecular complexity index is 1250. The molecule has 0 saturated heterocycles. The largest absolute Gasteiger partial charge is 0.487 e. The number of amides is 1. The van der Waals surface area contributed by atoms with Crippen LogP contribution in [0.15, 0.2) is 60.7 Å². The van der Waals surface area contributed by atoms with E-state index < -0.39 is 23.9 Å². The molecule has 1 unspecified atom stereocenters. The lowest BCUT2D eigenvalue weighted by Crippen LogP contribution is -2.35. The summed E-state index contributed by atoms with van der Waals surface area (Å²) in [4.78, 5) is 25.9. The van der Waals surface area contributed by atoms with Crippen LogP contribution in [0, 0.1) is 5.82 Å². The number of carboxylic acid groups (broad SMARTS) is 1. The monoisotopic (exact) mass is 501 g/mol. The van der Waals surface area contributed by atoms with Gasteiger partial charge in [0.05, 0.1) is 5.02 Å². The number of hydrogen-bond donors (Lipinski definition) is 1. The summed E-state index contributed by atoms with van der Waals surface area (Å²) in [6.07, 6.45) is 1.04. The summed E-state index contributed by atoms with van der Waals surface area (Å²) in [6.45, 7) is 1.65. The van der Waals surface area contributed by atoms with Gasteiger partial charge in [0.15, 0.2) is 0 Å². The number of halogens is 3. The van der Waals surface area contributed by atoms with E-state index in [2.05, 4.69) is 0 Å². The fourth-order valence-electron chi connectivity index (χ4n) is 4.19. The van der Waals surface area contributed by atoms with Crippen LogP contribution in [0.1, 0.15) is 34.0 Å². The summed E-state index contributed by atoms with van der Waals surface area (Å²) in [5.74, 6) is -1.30. The minimum Gasteiger partial charge on any atom is -0.487 e. The highest BCUT2D eigenvalue weighted by Gasteiger charge is 2.36. The summed E-state index contributed by atoms with van der Waals surface area (Å²) in [7, 11) is 0. The van der Waals surface area contributed by atoms with Gasteiger partial charge in [-0.2, -0.15) is 0 Å². The van der Waals surface area contributed by atoms with Crippen LogP contribution in [0.4, 0.5) is 4.39 Å². The number of fused-ring (bicyclic) bond motifs is 1.